The maximum atomic E-state index is 12.4. The van der Waals surface area contributed by atoms with Crippen LogP contribution in [0.5, 0.6) is 0 Å². The summed E-state index contributed by atoms with van der Waals surface area (Å²) in [5.41, 5.74) is -1.46. The lowest BCUT2D eigenvalue weighted by Crippen LogP contribution is -2.50. The van der Waals surface area contributed by atoms with Gasteiger partial charge in [-0.2, -0.15) is 0 Å². The van der Waals surface area contributed by atoms with Crippen LogP contribution in [0.4, 0.5) is 0 Å². The molecule has 1 atom stereocenters. The molecule has 0 aliphatic heterocycles. The molecule has 0 aliphatic carbocycles. The third-order valence-corrected chi connectivity index (χ3v) is 3.85. The van der Waals surface area contributed by atoms with E-state index in [-0.39, 0.29) is 17.9 Å². The molecule has 19 heavy (non-hydrogen) atoms. The van der Waals surface area contributed by atoms with E-state index in [1.165, 1.54) is 0 Å². The molecule has 4 nitrogen and oxygen atoms in total. The molecule has 0 amide bonds. The van der Waals surface area contributed by atoms with Gasteiger partial charge < -0.3 is 9.84 Å². The number of carbonyl (C=O) groups is 2. The quantitative estimate of drug-likeness (QED) is 0.542. The van der Waals surface area contributed by atoms with E-state index in [0.717, 1.165) is 12.8 Å². The van der Waals surface area contributed by atoms with Crippen LogP contribution in [0.25, 0.3) is 0 Å². The van der Waals surface area contributed by atoms with Gasteiger partial charge in [0.25, 0.3) is 0 Å². The van der Waals surface area contributed by atoms with E-state index in [2.05, 4.69) is 0 Å². The molecule has 0 aromatic rings. The first-order valence-electron chi connectivity index (χ1n) is 7.19. The Morgan fingerprint density at radius 3 is 1.84 bits per heavy atom. The van der Waals surface area contributed by atoms with Crippen LogP contribution in [-0.2, 0) is 14.3 Å². The highest BCUT2D eigenvalue weighted by Crippen LogP contribution is 2.38. The Labute approximate surface area is 116 Å². The number of ether oxygens (including phenoxy) is 1. The third-order valence-electron chi connectivity index (χ3n) is 3.85. The van der Waals surface area contributed by atoms with E-state index in [0.29, 0.717) is 6.42 Å². The summed E-state index contributed by atoms with van der Waals surface area (Å²) in [4.78, 5) is 24.1. The molecule has 112 valence electrons. The Balaban J connectivity index is 5.28. The van der Waals surface area contributed by atoms with Crippen molar-refractivity contribution in [3.05, 3.63) is 0 Å². The first-order valence-corrected chi connectivity index (χ1v) is 7.19. The predicted octanol–water partition coefficient (Wildman–Crippen LogP) is 3.49. The predicted molar refractivity (Wildman–Crippen MR) is 74.8 cm³/mol. The highest BCUT2D eigenvalue weighted by atomic mass is 16.5. The number of carbonyl (C=O) groups excluding carboxylic acids is 1. The molecule has 0 aromatic carbocycles. The molecular formula is C15H28O4. The fraction of sp³-hybridized carbons (Fsp3) is 0.867. The first kappa shape index (κ1) is 17.9. The second kappa shape index (κ2) is 7.51. The van der Waals surface area contributed by atoms with E-state index >= 15 is 0 Å². The van der Waals surface area contributed by atoms with Crippen LogP contribution in [0.3, 0.4) is 0 Å². The number of aliphatic carboxylic acids is 1. The van der Waals surface area contributed by atoms with Gasteiger partial charge >= 0.3 is 11.9 Å². The van der Waals surface area contributed by atoms with Crippen LogP contribution in [0, 0.1) is 17.3 Å². The van der Waals surface area contributed by atoms with Gasteiger partial charge in [-0.1, -0.05) is 48.0 Å². The largest absolute Gasteiger partial charge is 0.480 e. The lowest BCUT2D eigenvalue weighted by atomic mass is 9.69. The minimum atomic E-state index is -1.46. The molecule has 0 bridgehead atoms. The van der Waals surface area contributed by atoms with Crippen LogP contribution in [0.15, 0.2) is 0 Å². The van der Waals surface area contributed by atoms with Gasteiger partial charge in [-0.3, -0.25) is 9.59 Å². The smallest absolute Gasteiger partial charge is 0.324 e. The molecule has 4 heteroatoms. The molecule has 0 spiro atoms. The SMILES string of the molecule is CCCC(CC)OC(=O)C(C(=O)O)(C(C)C)C(C)C. The topological polar surface area (TPSA) is 63.6 Å². The summed E-state index contributed by atoms with van der Waals surface area (Å²) < 4.78 is 5.47. The fourth-order valence-corrected chi connectivity index (χ4v) is 2.64. The van der Waals surface area contributed by atoms with Crippen molar-refractivity contribution in [2.45, 2.75) is 66.9 Å². The summed E-state index contributed by atoms with van der Waals surface area (Å²) in [6.07, 6.45) is 2.21. The fourth-order valence-electron chi connectivity index (χ4n) is 2.64. The lowest BCUT2D eigenvalue weighted by Gasteiger charge is -2.35. The van der Waals surface area contributed by atoms with E-state index in [1.54, 1.807) is 27.7 Å². The highest BCUT2D eigenvalue weighted by molar-refractivity contribution is 5.99. The molecule has 0 saturated carbocycles. The Morgan fingerprint density at radius 1 is 1.11 bits per heavy atom. The van der Waals surface area contributed by atoms with Gasteiger partial charge in [0.15, 0.2) is 5.41 Å². The van der Waals surface area contributed by atoms with Gasteiger partial charge in [-0.15, -0.1) is 0 Å². The molecule has 0 aromatic heterocycles. The molecule has 0 rings (SSSR count). The van der Waals surface area contributed by atoms with Crippen molar-refractivity contribution >= 4 is 11.9 Å². The summed E-state index contributed by atoms with van der Waals surface area (Å²) >= 11 is 0. The molecule has 0 aliphatic rings. The maximum Gasteiger partial charge on any atom is 0.324 e. The van der Waals surface area contributed by atoms with Crippen molar-refractivity contribution in [3.8, 4) is 0 Å². The number of esters is 1. The van der Waals surface area contributed by atoms with Gasteiger partial charge in [0, 0.05) is 0 Å². The summed E-state index contributed by atoms with van der Waals surface area (Å²) in [7, 11) is 0. The summed E-state index contributed by atoms with van der Waals surface area (Å²) in [6, 6.07) is 0. The number of hydrogen-bond donors (Lipinski definition) is 1. The normalized spacial score (nSPS) is 13.7. The zero-order valence-electron chi connectivity index (χ0n) is 13.0. The van der Waals surface area contributed by atoms with Gasteiger partial charge in [-0.05, 0) is 24.7 Å². The monoisotopic (exact) mass is 272 g/mol. The zero-order valence-corrected chi connectivity index (χ0v) is 13.0. The standard InChI is InChI=1S/C15H28O4/c1-7-9-12(8-2)19-14(18)15(10(3)4,11(5)6)13(16)17/h10-12H,7-9H2,1-6H3,(H,16,17). The van der Waals surface area contributed by atoms with Crippen LogP contribution in [-0.4, -0.2) is 23.1 Å². The zero-order chi connectivity index (χ0) is 15.2. The summed E-state index contributed by atoms with van der Waals surface area (Å²) in [6.45, 7) is 11.0. The molecule has 0 heterocycles. The van der Waals surface area contributed by atoms with Crippen molar-refractivity contribution in [1.29, 1.82) is 0 Å². The van der Waals surface area contributed by atoms with Gasteiger partial charge in [-0.25, -0.2) is 0 Å². The minimum absolute atomic E-state index is 0.186. The number of rotatable bonds is 8. The van der Waals surface area contributed by atoms with Crippen LogP contribution in [0.2, 0.25) is 0 Å². The second-order valence-corrected chi connectivity index (χ2v) is 5.71. The molecule has 1 N–H and O–H groups in total. The van der Waals surface area contributed by atoms with Crippen molar-refractivity contribution in [2.24, 2.45) is 17.3 Å². The Morgan fingerprint density at radius 2 is 1.58 bits per heavy atom. The van der Waals surface area contributed by atoms with Crippen molar-refractivity contribution in [2.75, 3.05) is 0 Å². The van der Waals surface area contributed by atoms with E-state index in [4.69, 9.17) is 4.74 Å². The minimum Gasteiger partial charge on any atom is -0.480 e. The Bertz CT molecular complexity index is 299. The molecule has 0 radical (unpaired) electrons. The number of carboxylic acids is 1. The van der Waals surface area contributed by atoms with Crippen molar-refractivity contribution < 1.29 is 19.4 Å². The van der Waals surface area contributed by atoms with Gasteiger partial charge in [0.1, 0.15) is 6.10 Å². The third kappa shape index (κ3) is 3.71. The molecule has 1 unspecified atom stereocenters. The van der Waals surface area contributed by atoms with Crippen molar-refractivity contribution in [3.63, 3.8) is 0 Å². The maximum absolute atomic E-state index is 12.4. The first-order chi connectivity index (χ1) is 8.74. The van der Waals surface area contributed by atoms with Crippen molar-refractivity contribution in [1.82, 2.24) is 0 Å². The van der Waals surface area contributed by atoms with Crippen LogP contribution < -0.4 is 0 Å². The van der Waals surface area contributed by atoms with Crippen LogP contribution >= 0.6 is 0 Å². The molecular weight excluding hydrogens is 244 g/mol. The second-order valence-electron chi connectivity index (χ2n) is 5.71. The summed E-state index contributed by atoms with van der Waals surface area (Å²) in [5, 5.41) is 9.55. The Kier molecular flexibility index (Phi) is 7.09. The van der Waals surface area contributed by atoms with Crippen LogP contribution in [0.1, 0.15) is 60.8 Å². The number of hydrogen-bond acceptors (Lipinski definition) is 3. The van der Waals surface area contributed by atoms with Gasteiger partial charge in [0.05, 0.1) is 0 Å². The average Bonchev–Trinajstić information content (AvgIpc) is 2.27. The highest BCUT2D eigenvalue weighted by Gasteiger charge is 2.53. The lowest BCUT2D eigenvalue weighted by molar-refractivity contribution is -0.181. The number of carboxylic acid groups (broad SMARTS) is 1. The van der Waals surface area contributed by atoms with Gasteiger partial charge in [0.2, 0.25) is 0 Å². The summed E-state index contributed by atoms with van der Waals surface area (Å²) in [5.74, 6) is -2.30. The van der Waals surface area contributed by atoms with E-state index in [1.807, 2.05) is 13.8 Å². The average molecular weight is 272 g/mol. The molecule has 0 fully saturated rings. The van der Waals surface area contributed by atoms with E-state index < -0.39 is 17.4 Å². The van der Waals surface area contributed by atoms with E-state index in [9.17, 15) is 14.7 Å². The Hall–Kier alpha value is -1.06. The molecule has 0 saturated heterocycles.